The number of anilines is 1. The Balaban J connectivity index is 1.87. The fourth-order valence-corrected chi connectivity index (χ4v) is 2.86. The summed E-state index contributed by atoms with van der Waals surface area (Å²) in [6.07, 6.45) is 0.539. The molecule has 0 aliphatic heterocycles. The molecule has 0 fully saturated rings. The third kappa shape index (κ3) is 7.42. The molecule has 1 heterocycles. The van der Waals surface area contributed by atoms with Crippen LogP contribution in [0.5, 0.6) is 5.75 Å². The Labute approximate surface area is 182 Å². The number of aromatic nitrogens is 3. The molecule has 2 rings (SSSR count). The first-order chi connectivity index (χ1) is 14.5. The smallest absolute Gasteiger partial charge is 0.335 e. The van der Waals surface area contributed by atoms with Gasteiger partial charge in [0.1, 0.15) is 18.2 Å². The number of ether oxygens (including phenoxy) is 3. The summed E-state index contributed by atoms with van der Waals surface area (Å²) in [5, 5.41) is 0.188. The van der Waals surface area contributed by atoms with Crippen molar-refractivity contribution in [3.8, 4) is 5.75 Å². The first-order valence-corrected chi connectivity index (χ1v) is 10.5. The molecule has 0 saturated carbocycles. The van der Waals surface area contributed by atoms with E-state index in [1.807, 2.05) is 50.1 Å². The van der Waals surface area contributed by atoms with Crippen LogP contribution in [0.25, 0.3) is 0 Å². The maximum absolute atomic E-state index is 12.0. The van der Waals surface area contributed by atoms with Crippen LogP contribution in [0.2, 0.25) is 5.28 Å². The van der Waals surface area contributed by atoms with Gasteiger partial charge in [-0.25, -0.2) is 9.78 Å². The maximum atomic E-state index is 12.0. The Morgan fingerprint density at radius 1 is 1.10 bits per heavy atom. The van der Waals surface area contributed by atoms with Crippen molar-refractivity contribution in [1.82, 2.24) is 15.0 Å². The van der Waals surface area contributed by atoms with Crippen molar-refractivity contribution in [2.24, 2.45) is 0 Å². The molecular formula is C21H29ClN4O4. The second-order valence-electron chi connectivity index (χ2n) is 6.49. The highest BCUT2D eigenvalue weighted by Gasteiger charge is 2.20. The quantitative estimate of drug-likeness (QED) is 0.469. The first kappa shape index (κ1) is 23.8. The molecule has 0 saturated heterocycles. The van der Waals surface area contributed by atoms with Gasteiger partial charge in [-0.1, -0.05) is 19.1 Å². The fraction of sp³-hybridized carbons (Fsp3) is 0.524. The monoisotopic (exact) mass is 436 g/mol. The van der Waals surface area contributed by atoms with Crippen molar-refractivity contribution in [1.29, 1.82) is 0 Å². The van der Waals surface area contributed by atoms with Crippen molar-refractivity contribution in [2.45, 2.75) is 39.7 Å². The average Bonchev–Trinajstić information content (AvgIpc) is 2.74. The van der Waals surface area contributed by atoms with Crippen molar-refractivity contribution in [3.63, 3.8) is 0 Å². The molecule has 0 aliphatic carbocycles. The molecule has 164 valence electrons. The van der Waals surface area contributed by atoms with Gasteiger partial charge in [-0.15, -0.1) is 0 Å². The van der Waals surface area contributed by atoms with E-state index in [1.165, 1.54) is 0 Å². The Morgan fingerprint density at radius 2 is 1.83 bits per heavy atom. The lowest BCUT2D eigenvalue weighted by molar-refractivity contribution is -0.156. The van der Waals surface area contributed by atoms with Gasteiger partial charge in [0.15, 0.2) is 6.10 Å². The predicted molar refractivity (Wildman–Crippen MR) is 115 cm³/mol. The molecule has 1 aromatic carbocycles. The van der Waals surface area contributed by atoms with Crippen LogP contribution in [-0.4, -0.2) is 60.4 Å². The molecule has 30 heavy (non-hydrogen) atoms. The Morgan fingerprint density at radius 3 is 2.47 bits per heavy atom. The van der Waals surface area contributed by atoms with Crippen LogP contribution < -0.4 is 9.64 Å². The van der Waals surface area contributed by atoms with Gasteiger partial charge < -0.3 is 19.1 Å². The largest absolute Gasteiger partial charge is 0.492 e. The fourth-order valence-electron chi connectivity index (χ4n) is 2.69. The highest BCUT2D eigenvalue weighted by Crippen LogP contribution is 2.16. The van der Waals surface area contributed by atoms with E-state index in [0.717, 1.165) is 11.3 Å². The minimum absolute atomic E-state index is 0.188. The first-order valence-electron chi connectivity index (χ1n) is 10.1. The summed E-state index contributed by atoms with van der Waals surface area (Å²) in [6, 6.07) is 7.59. The van der Waals surface area contributed by atoms with Crippen LogP contribution in [0.3, 0.4) is 0 Å². The molecule has 2 aromatic rings. The Hall–Kier alpha value is -2.45. The van der Waals surface area contributed by atoms with E-state index in [1.54, 1.807) is 6.92 Å². The highest BCUT2D eigenvalue weighted by atomic mass is 35.5. The lowest BCUT2D eigenvalue weighted by atomic mass is 10.1. The number of rotatable bonds is 12. The number of nitrogens with zero attached hydrogens (tertiary/aromatic N) is 4. The molecule has 1 atom stereocenters. The normalized spacial score (nSPS) is 11.8. The molecular weight excluding hydrogens is 408 g/mol. The molecule has 0 spiro atoms. The van der Waals surface area contributed by atoms with Gasteiger partial charge in [-0.05, 0) is 43.1 Å². The second kappa shape index (κ2) is 12.3. The lowest BCUT2D eigenvalue weighted by Crippen LogP contribution is -2.29. The minimum atomic E-state index is -0.601. The molecule has 8 nitrogen and oxygen atoms in total. The molecule has 1 unspecified atom stereocenters. The Kier molecular flexibility index (Phi) is 9.76. The number of likely N-dealkylation sites (N-methyl/N-ethyl adjacent to an activating group) is 1. The topological polar surface area (TPSA) is 86.7 Å². The van der Waals surface area contributed by atoms with Gasteiger partial charge in [0, 0.05) is 26.5 Å². The van der Waals surface area contributed by atoms with E-state index in [2.05, 4.69) is 15.0 Å². The summed E-state index contributed by atoms with van der Waals surface area (Å²) >= 11 is 5.95. The Bertz CT molecular complexity index is 804. The van der Waals surface area contributed by atoms with Crippen LogP contribution in [0.1, 0.15) is 32.2 Å². The van der Waals surface area contributed by atoms with Gasteiger partial charge >= 0.3 is 5.97 Å². The lowest BCUT2D eigenvalue weighted by Gasteiger charge is -2.18. The van der Waals surface area contributed by atoms with Crippen LogP contribution in [0.4, 0.5) is 5.95 Å². The third-order valence-electron chi connectivity index (χ3n) is 4.26. The summed E-state index contributed by atoms with van der Waals surface area (Å²) in [4.78, 5) is 26.5. The van der Waals surface area contributed by atoms with Crippen molar-refractivity contribution < 1.29 is 19.0 Å². The zero-order valence-corrected chi connectivity index (χ0v) is 18.7. The number of benzene rings is 1. The van der Waals surface area contributed by atoms with E-state index < -0.39 is 6.10 Å². The van der Waals surface area contributed by atoms with Crippen LogP contribution in [0, 0.1) is 0 Å². The van der Waals surface area contributed by atoms with Gasteiger partial charge in [0.25, 0.3) is 0 Å². The molecule has 9 heteroatoms. The van der Waals surface area contributed by atoms with Crippen LogP contribution in [0.15, 0.2) is 24.3 Å². The summed E-state index contributed by atoms with van der Waals surface area (Å²) in [5.74, 6) is 1.57. The van der Waals surface area contributed by atoms with Crippen LogP contribution >= 0.6 is 11.6 Å². The number of hydrogen-bond acceptors (Lipinski definition) is 8. The summed E-state index contributed by atoms with van der Waals surface area (Å²) in [6.45, 7) is 7.41. The predicted octanol–water partition coefficient (Wildman–Crippen LogP) is 3.11. The minimum Gasteiger partial charge on any atom is -0.492 e. The number of aryl methyl sites for hydroxylation is 1. The number of carbonyl (C=O) groups excluding carboxylic acids is 1. The van der Waals surface area contributed by atoms with Crippen molar-refractivity contribution in [3.05, 3.63) is 40.9 Å². The van der Waals surface area contributed by atoms with Crippen molar-refractivity contribution in [2.75, 3.05) is 38.3 Å². The second-order valence-corrected chi connectivity index (χ2v) is 6.83. The van der Waals surface area contributed by atoms with Gasteiger partial charge in [0.2, 0.25) is 11.2 Å². The van der Waals surface area contributed by atoms with Gasteiger partial charge in [0.05, 0.1) is 13.2 Å². The van der Waals surface area contributed by atoms with Gasteiger partial charge in [-0.2, -0.15) is 9.97 Å². The standard InChI is InChI=1S/C21H29ClN4O4/c1-5-18-23-20(22)25-21(24-18)26(4)12-13-30-16-10-8-15(9-11-16)14-17(28-6-2)19(27)29-7-3/h8-11,17H,5-7,12-14H2,1-4H3. The molecule has 0 radical (unpaired) electrons. The number of esters is 1. The number of hydrogen-bond donors (Lipinski definition) is 0. The summed E-state index contributed by atoms with van der Waals surface area (Å²) in [7, 11) is 1.88. The molecule has 0 amide bonds. The zero-order chi connectivity index (χ0) is 21.9. The summed E-state index contributed by atoms with van der Waals surface area (Å²) < 4.78 is 16.4. The van der Waals surface area contributed by atoms with Crippen LogP contribution in [-0.2, 0) is 27.1 Å². The van der Waals surface area contributed by atoms with Gasteiger partial charge in [-0.3, -0.25) is 0 Å². The molecule has 0 aliphatic rings. The molecule has 0 N–H and O–H groups in total. The highest BCUT2D eigenvalue weighted by molar-refractivity contribution is 6.28. The van der Waals surface area contributed by atoms with Crippen molar-refractivity contribution >= 4 is 23.5 Å². The van der Waals surface area contributed by atoms with E-state index in [0.29, 0.717) is 51.0 Å². The number of carbonyl (C=O) groups is 1. The van der Waals surface area contributed by atoms with E-state index >= 15 is 0 Å². The van der Waals surface area contributed by atoms with E-state index in [-0.39, 0.29) is 11.3 Å². The number of halogens is 1. The zero-order valence-electron chi connectivity index (χ0n) is 17.9. The summed E-state index contributed by atoms with van der Waals surface area (Å²) in [5.41, 5.74) is 0.970. The molecule has 0 bridgehead atoms. The third-order valence-corrected chi connectivity index (χ3v) is 4.43. The van der Waals surface area contributed by atoms with E-state index in [9.17, 15) is 4.79 Å². The molecule has 1 aromatic heterocycles. The average molecular weight is 437 g/mol. The SMILES string of the molecule is CCOC(=O)C(Cc1ccc(OCCN(C)c2nc(Cl)nc(CC)n2)cc1)OCC. The van der Waals surface area contributed by atoms with E-state index in [4.69, 9.17) is 25.8 Å². The maximum Gasteiger partial charge on any atom is 0.335 e.